The van der Waals surface area contributed by atoms with Crippen LogP contribution in [0, 0.1) is 11.3 Å². The SMILES string of the molecule is C1CCNCC1.CC.N#Cc1cnn2cc(-c3cn[nH]c3)cc(Br)c12. The molecule has 0 spiro atoms. The summed E-state index contributed by atoms with van der Waals surface area (Å²) in [5.74, 6) is 0. The Hall–Kier alpha value is -2.17. The van der Waals surface area contributed by atoms with Crippen LogP contribution in [0.25, 0.3) is 16.6 Å². The molecule has 3 aromatic heterocycles. The number of fused-ring (bicyclic) bond motifs is 1. The van der Waals surface area contributed by atoms with Crippen LogP contribution in [0.2, 0.25) is 0 Å². The van der Waals surface area contributed by atoms with Crippen LogP contribution in [0.4, 0.5) is 0 Å². The number of halogens is 1. The molecule has 6 nitrogen and oxygen atoms in total. The maximum Gasteiger partial charge on any atom is 0.103 e. The smallest absolute Gasteiger partial charge is 0.103 e. The van der Waals surface area contributed by atoms with E-state index in [-0.39, 0.29) is 0 Å². The van der Waals surface area contributed by atoms with Gasteiger partial charge in [0.05, 0.1) is 23.5 Å². The van der Waals surface area contributed by atoms with E-state index in [2.05, 4.69) is 42.6 Å². The van der Waals surface area contributed by atoms with Gasteiger partial charge in [-0.1, -0.05) is 20.3 Å². The molecule has 0 atom stereocenters. The summed E-state index contributed by atoms with van der Waals surface area (Å²) in [5.41, 5.74) is 3.28. The van der Waals surface area contributed by atoms with Crippen LogP contribution in [0.3, 0.4) is 0 Å². The van der Waals surface area contributed by atoms with E-state index in [1.807, 2.05) is 32.3 Å². The van der Waals surface area contributed by atoms with Crippen molar-refractivity contribution in [2.45, 2.75) is 33.1 Å². The first-order chi connectivity index (χ1) is 12.3. The van der Waals surface area contributed by atoms with Crippen molar-refractivity contribution >= 4 is 21.4 Å². The van der Waals surface area contributed by atoms with Gasteiger partial charge in [-0.25, -0.2) is 4.52 Å². The van der Waals surface area contributed by atoms with E-state index in [0.29, 0.717) is 5.56 Å². The Morgan fingerprint density at radius 1 is 1.16 bits per heavy atom. The fourth-order valence-corrected chi connectivity index (χ4v) is 3.16. The molecule has 7 heteroatoms. The summed E-state index contributed by atoms with van der Waals surface area (Å²) in [4.78, 5) is 0. The molecular weight excluding hydrogens is 380 g/mol. The van der Waals surface area contributed by atoms with Crippen LogP contribution in [0.5, 0.6) is 0 Å². The van der Waals surface area contributed by atoms with E-state index in [4.69, 9.17) is 5.26 Å². The van der Waals surface area contributed by atoms with Gasteiger partial charge in [-0.15, -0.1) is 0 Å². The summed E-state index contributed by atoms with van der Waals surface area (Å²) < 4.78 is 2.52. The third-order valence-electron chi connectivity index (χ3n) is 3.72. The first-order valence-electron chi connectivity index (χ1n) is 8.56. The zero-order chi connectivity index (χ0) is 18.1. The first kappa shape index (κ1) is 19.2. The second-order valence-corrected chi connectivity index (χ2v) is 6.19. The highest BCUT2D eigenvalue weighted by atomic mass is 79.9. The summed E-state index contributed by atoms with van der Waals surface area (Å²) in [7, 11) is 0. The Balaban J connectivity index is 0.000000237. The van der Waals surface area contributed by atoms with Crippen LogP contribution < -0.4 is 5.32 Å². The van der Waals surface area contributed by atoms with Crippen LogP contribution in [0.15, 0.2) is 35.3 Å². The molecule has 3 aromatic rings. The predicted octanol–water partition coefficient (Wildman–Crippen LogP) is 4.14. The fraction of sp³-hybridized carbons (Fsp3) is 0.389. The van der Waals surface area contributed by atoms with Crippen molar-refractivity contribution in [3.8, 4) is 17.2 Å². The van der Waals surface area contributed by atoms with Gasteiger partial charge in [0, 0.05) is 28.0 Å². The molecule has 4 heterocycles. The molecule has 0 saturated carbocycles. The molecule has 25 heavy (non-hydrogen) atoms. The van der Waals surface area contributed by atoms with Crippen molar-refractivity contribution in [3.05, 3.63) is 40.9 Å². The molecule has 0 aromatic carbocycles. The van der Waals surface area contributed by atoms with Crippen LogP contribution in [0.1, 0.15) is 38.7 Å². The van der Waals surface area contributed by atoms with E-state index >= 15 is 0 Å². The standard InChI is InChI=1S/C11H6BrN5.C5H11N.C2H6/c12-10-1-7(9-3-14-15-4-9)6-17-11(10)8(2-13)5-16-17;1-2-4-6-5-3-1;1-2/h1,3-6H,(H,14,15);6H,1-5H2;1-2H3. The zero-order valence-electron chi connectivity index (χ0n) is 14.6. The number of aromatic amines is 1. The average Bonchev–Trinajstić information content (AvgIpc) is 3.35. The highest BCUT2D eigenvalue weighted by Crippen LogP contribution is 2.27. The fourth-order valence-electron chi connectivity index (χ4n) is 2.52. The molecule has 0 bridgehead atoms. The van der Waals surface area contributed by atoms with Gasteiger partial charge in [0.25, 0.3) is 0 Å². The summed E-state index contributed by atoms with van der Waals surface area (Å²) in [6.45, 7) is 6.50. The van der Waals surface area contributed by atoms with Crippen molar-refractivity contribution in [2.24, 2.45) is 0 Å². The molecule has 1 aliphatic rings. The maximum absolute atomic E-state index is 8.96. The molecule has 132 valence electrons. The molecule has 0 aliphatic carbocycles. The molecule has 4 rings (SSSR count). The predicted molar refractivity (Wildman–Crippen MR) is 103 cm³/mol. The Labute approximate surface area is 156 Å². The minimum Gasteiger partial charge on any atom is -0.317 e. The summed E-state index contributed by atoms with van der Waals surface area (Å²) in [5, 5.41) is 23.1. The van der Waals surface area contributed by atoms with Crippen molar-refractivity contribution in [3.63, 3.8) is 0 Å². The lowest BCUT2D eigenvalue weighted by Gasteiger charge is -2.08. The average molecular weight is 403 g/mol. The number of H-pyrrole nitrogens is 1. The lowest BCUT2D eigenvalue weighted by Crippen LogP contribution is -2.21. The lowest BCUT2D eigenvalue weighted by molar-refractivity contribution is 0.520. The number of nitrogens with zero attached hydrogens (tertiary/aromatic N) is 4. The number of piperidine rings is 1. The number of nitriles is 1. The third-order valence-corrected chi connectivity index (χ3v) is 4.33. The normalized spacial score (nSPS) is 13.2. The van der Waals surface area contributed by atoms with Crippen LogP contribution >= 0.6 is 15.9 Å². The van der Waals surface area contributed by atoms with Crippen molar-refractivity contribution in [1.29, 1.82) is 5.26 Å². The molecule has 2 N–H and O–H groups in total. The van der Waals surface area contributed by atoms with Gasteiger partial charge in [-0.05, 0) is 47.9 Å². The summed E-state index contributed by atoms with van der Waals surface area (Å²) in [6, 6.07) is 4.06. The second-order valence-electron chi connectivity index (χ2n) is 5.34. The molecular formula is C18H23BrN6. The van der Waals surface area contributed by atoms with Gasteiger partial charge in [-0.2, -0.15) is 15.5 Å². The van der Waals surface area contributed by atoms with E-state index in [0.717, 1.165) is 21.1 Å². The number of nitrogens with one attached hydrogen (secondary N) is 2. The molecule has 0 unspecified atom stereocenters. The first-order valence-corrected chi connectivity index (χ1v) is 9.36. The van der Waals surface area contributed by atoms with Gasteiger partial charge >= 0.3 is 0 Å². The largest absolute Gasteiger partial charge is 0.317 e. The minimum atomic E-state index is 0.551. The Morgan fingerprint density at radius 2 is 1.92 bits per heavy atom. The van der Waals surface area contributed by atoms with E-state index in [1.165, 1.54) is 32.4 Å². The second kappa shape index (κ2) is 9.97. The highest BCUT2D eigenvalue weighted by molar-refractivity contribution is 9.10. The van der Waals surface area contributed by atoms with Gasteiger partial charge in [0.1, 0.15) is 6.07 Å². The number of rotatable bonds is 1. The Bertz CT molecular complexity index is 801. The monoisotopic (exact) mass is 402 g/mol. The molecule has 1 saturated heterocycles. The molecule has 1 aliphatic heterocycles. The molecule has 0 radical (unpaired) electrons. The minimum absolute atomic E-state index is 0.551. The van der Waals surface area contributed by atoms with Crippen LogP contribution in [-0.2, 0) is 0 Å². The van der Waals surface area contributed by atoms with E-state index in [9.17, 15) is 0 Å². The number of hydrogen-bond donors (Lipinski definition) is 2. The third kappa shape index (κ3) is 4.91. The summed E-state index contributed by atoms with van der Waals surface area (Å²) >= 11 is 3.46. The van der Waals surface area contributed by atoms with E-state index in [1.54, 1.807) is 16.9 Å². The number of aromatic nitrogens is 4. The Morgan fingerprint density at radius 3 is 2.44 bits per heavy atom. The van der Waals surface area contributed by atoms with Gasteiger partial charge in [0.15, 0.2) is 0 Å². The maximum atomic E-state index is 8.96. The lowest BCUT2D eigenvalue weighted by atomic mass is 10.1. The van der Waals surface area contributed by atoms with E-state index < -0.39 is 0 Å². The van der Waals surface area contributed by atoms with Crippen molar-refractivity contribution in [2.75, 3.05) is 13.1 Å². The topological polar surface area (TPSA) is 81.8 Å². The number of hydrogen-bond acceptors (Lipinski definition) is 4. The highest BCUT2D eigenvalue weighted by Gasteiger charge is 2.10. The van der Waals surface area contributed by atoms with Crippen molar-refractivity contribution in [1.82, 2.24) is 25.1 Å². The summed E-state index contributed by atoms with van der Waals surface area (Å²) in [6.07, 6.45) is 11.2. The zero-order valence-corrected chi connectivity index (χ0v) is 16.2. The van der Waals surface area contributed by atoms with Crippen LogP contribution in [-0.4, -0.2) is 32.9 Å². The van der Waals surface area contributed by atoms with Crippen molar-refractivity contribution < 1.29 is 0 Å². The quantitative estimate of drug-likeness (QED) is 0.640. The van der Waals surface area contributed by atoms with Gasteiger partial charge in [-0.3, -0.25) is 5.10 Å². The van der Waals surface area contributed by atoms with Gasteiger partial charge in [0.2, 0.25) is 0 Å². The molecule has 0 amide bonds. The number of pyridine rings is 1. The van der Waals surface area contributed by atoms with Gasteiger partial charge < -0.3 is 5.32 Å². The Kier molecular flexibility index (Phi) is 7.64. The molecule has 1 fully saturated rings.